The molecular weight excluding hydrogens is 482 g/mol. The van der Waals surface area contributed by atoms with Gasteiger partial charge < -0.3 is 26.1 Å². The van der Waals surface area contributed by atoms with E-state index in [1.165, 1.54) is 6.20 Å². The molecule has 1 saturated carbocycles. The zero-order valence-corrected chi connectivity index (χ0v) is 20.8. The first-order valence-corrected chi connectivity index (χ1v) is 12.8. The molecule has 0 atom stereocenters. The van der Waals surface area contributed by atoms with Crippen LogP contribution in [-0.2, 0) is 21.1 Å². The Balaban J connectivity index is 1.56. The Kier molecular flexibility index (Phi) is 8.02. The highest BCUT2D eigenvalue weighted by atomic mass is 35.5. The van der Waals surface area contributed by atoms with E-state index in [0.29, 0.717) is 24.4 Å². The normalized spacial score (nSPS) is 15.1. The van der Waals surface area contributed by atoms with Crippen LogP contribution in [0.2, 0.25) is 5.02 Å². The van der Waals surface area contributed by atoms with Gasteiger partial charge in [-0.1, -0.05) is 23.7 Å². The van der Waals surface area contributed by atoms with E-state index in [0.717, 1.165) is 5.56 Å². The van der Waals surface area contributed by atoms with Crippen molar-refractivity contribution in [2.75, 3.05) is 26.3 Å². The summed E-state index contributed by atoms with van der Waals surface area (Å²) < 4.78 is 29.7. The number of aromatic nitrogens is 2. The van der Waals surface area contributed by atoms with E-state index in [4.69, 9.17) is 22.1 Å². The van der Waals surface area contributed by atoms with E-state index in [-0.39, 0.29) is 37.8 Å². The van der Waals surface area contributed by atoms with Crippen molar-refractivity contribution in [3.63, 3.8) is 0 Å². The Morgan fingerprint density at radius 1 is 1.21 bits per heavy atom. The van der Waals surface area contributed by atoms with Crippen LogP contribution in [0.15, 0.2) is 30.5 Å². The number of halogens is 1. The Labute approximate surface area is 203 Å². The maximum atomic E-state index is 13.2. The standard InChI is InChI=1S/C22H30ClN5O5S/c1-21(2,14-33-10-9-24)34(31,32)22(7-8-22)13-27-19(29)17-12-25-18(28-17)20(30)26-11-15-3-5-16(23)6-4-15/h3-6,12H,7-11,13-14,24H2,1-2H3,(H,25,28)(H,26,30)(H,27,29). The Morgan fingerprint density at radius 3 is 2.50 bits per heavy atom. The first kappa shape index (κ1) is 26.1. The van der Waals surface area contributed by atoms with E-state index >= 15 is 0 Å². The molecule has 186 valence electrons. The summed E-state index contributed by atoms with van der Waals surface area (Å²) in [6.07, 6.45) is 2.15. The molecule has 0 aliphatic heterocycles. The molecule has 0 bridgehead atoms. The van der Waals surface area contributed by atoms with Gasteiger partial charge in [-0.05, 0) is 44.4 Å². The summed E-state index contributed by atoms with van der Waals surface area (Å²) in [6.45, 7) is 4.07. The summed E-state index contributed by atoms with van der Waals surface area (Å²) >= 11 is 5.85. The van der Waals surface area contributed by atoms with Crippen molar-refractivity contribution in [3.05, 3.63) is 52.6 Å². The quantitative estimate of drug-likeness (QED) is 0.314. The number of nitrogens with one attached hydrogen (secondary N) is 3. The number of nitrogens with zero attached hydrogens (tertiary/aromatic N) is 1. The average Bonchev–Trinajstić information content (AvgIpc) is 3.44. The molecule has 0 spiro atoms. The molecule has 1 fully saturated rings. The maximum absolute atomic E-state index is 13.2. The van der Waals surface area contributed by atoms with Gasteiger partial charge in [0.25, 0.3) is 11.8 Å². The molecular formula is C22H30ClN5O5S. The largest absolute Gasteiger partial charge is 0.379 e. The molecule has 1 aromatic carbocycles. The predicted molar refractivity (Wildman–Crippen MR) is 128 cm³/mol. The summed E-state index contributed by atoms with van der Waals surface area (Å²) in [4.78, 5) is 31.6. The second-order valence-electron chi connectivity index (χ2n) is 8.92. The minimum atomic E-state index is -3.61. The van der Waals surface area contributed by atoms with Crippen molar-refractivity contribution in [3.8, 4) is 0 Å². The van der Waals surface area contributed by atoms with Gasteiger partial charge in [-0.25, -0.2) is 13.4 Å². The van der Waals surface area contributed by atoms with E-state index in [1.807, 2.05) is 0 Å². The van der Waals surface area contributed by atoms with E-state index in [9.17, 15) is 18.0 Å². The van der Waals surface area contributed by atoms with Gasteiger partial charge in [0.2, 0.25) is 0 Å². The third-order valence-corrected chi connectivity index (χ3v) is 9.31. The van der Waals surface area contributed by atoms with Crippen LogP contribution in [0, 0.1) is 0 Å². The van der Waals surface area contributed by atoms with Gasteiger partial charge in [0, 0.05) is 24.7 Å². The number of nitrogens with two attached hydrogens (primary N) is 1. The number of imidazole rings is 1. The molecule has 2 aromatic rings. The molecule has 5 N–H and O–H groups in total. The van der Waals surface area contributed by atoms with Gasteiger partial charge in [0.1, 0.15) is 5.69 Å². The molecule has 12 heteroatoms. The number of sulfone groups is 1. The second kappa shape index (κ2) is 10.4. The van der Waals surface area contributed by atoms with Gasteiger partial charge >= 0.3 is 0 Å². The Morgan fingerprint density at radius 2 is 1.88 bits per heavy atom. The number of amides is 2. The van der Waals surface area contributed by atoms with Crippen LogP contribution >= 0.6 is 11.6 Å². The van der Waals surface area contributed by atoms with Crippen LogP contribution in [-0.4, -0.2) is 66.0 Å². The predicted octanol–water partition coefficient (Wildman–Crippen LogP) is 1.42. The first-order valence-electron chi connectivity index (χ1n) is 10.9. The van der Waals surface area contributed by atoms with E-state index < -0.39 is 31.1 Å². The molecule has 10 nitrogen and oxygen atoms in total. The maximum Gasteiger partial charge on any atom is 0.287 e. The molecule has 0 unspecified atom stereocenters. The topological polar surface area (TPSA) is 156 Å². The van der Waals surface area contributed by atoms with E-state index in [1.54, 1.807) is 38.1 Å². The van der Waals surface area contributed by atoms with Crippen molar-refractivity contribution in [1.82, 2.24) is 20.6 Å². The molecule has 34 heavy (non-hydrogen) atoms. The van der Waals surface area contributed by atoms with Crippen molar-refractivity contribution in [1.29, 1.82) is 0 Å². The number of ether oxygens (including phenoxy) is 1. The number of benzene rings is 1. The molecule has 1 aliphatic rings. The number of carbonyl (C=O) groups is 2. The second-order valence-corrected chi connectivity index (χ2v) is 12.3. The first-order chi connectivity index (χ1) is 16.0. The SMILES string of the molecule is CC(C)(COCCN)S(=O)(=O)C1(CNC(=O)c2cnc(C(=O)NCc3ccc(Cl)cc3)[nH]2)CC1. The third-order valence-electron chi connectivity index (χ3n) is 5.79. The lowest BCUT2D eigenvalue weighted by molar-refractivity contribution is 0.0941. The van der Waals surface area contributed by atoms with Crippen molar-refractivity contribution < 1.29 is 22.7 Å². The summed E-state index contributed by atoms with van der Waals surface area (Å²) in [5.41, 5.74) is 6.33. The summed E-state index contributed by atoms with van der Waals surface area (Å²) in [5, 5.41) is 5.97. The van der Waals surface area contributed by atoms with Gasteiger partial charge in [-0.3, -0.25) is 9.59 Å². The fraction of sp³-hybridized carbons (Fsp3) is 0.500. The van der Waals surface area contributed by atoms with Gasteiger partial charge in [-0.2, -0.15) is 0 Å². The summed E-state index contributed by atoms with van der Waals surface area (Å²) in [5.74, 6) is -1.04. The van der Waals surface area contributed by atoms with Crippen LogP contribution < -0.4 is 16.4 Å². The lowest BCUT2D eigenvalue weighted by atomic mass is 10.2. The Bertz CT molecular complexity index is 1130. The summed E-state index contributed by atoms with van der Waals surface area (Å²) in [6, 6.07) is 7.02. The number of aromatic amines is 1. The highest BCUT2D eigenvalue weighted by Gasteiger charge is 2.59. The monoisotopic (exact) mass is 511 g/mol. The number of carbonyl (C=O) groups excluding carboxylic acids is 2. The van der Waals surface area contributed by atoms with Crippen LogP contribution in [0.4, 0.5) is 0 Å². The number of rotatable bonds is 12. The van der Waals surface area contributed by atoms with Crippen LogP contribution in [0.1, 0.15) is 53.4 Å². The average molecular weight is 512 g/mol. The highest BCUT2D eigenvalue weighted by Crippen LogP contribution is 2.47. The molecule has 1 aromatic heterocycles. The van der Waals surface area contributed by atoms with Crippen LogP contribution in [0.25, 0.3) is 0 Å². The van der Waals surface area contributed by atoms with Gasteiger partial charge in [0.05, 0.1) is 28.9 Å². The zero-order chi connectivity index (χ0) is 25.0. The number of hydrogen-bond acceptors (Lipinski definition) is 7. The molecule has 0 radical (unpaired) electrons. The molecule has 0 saturated heterocycles. The third kappa shape index (κ3) is 5.77. The summed E-state index contributed by atoms with van der Waals surface area (Å²) in [7, 11) is -3.61. The Hall–Kier alpha value is -2.47. The smallest absolute Gasteiger partial charge is 0.287 e. The highest BCUT2D eigenvalue weighted by molar-refractivity contribution is 7.94. The van der Waals surface area contributed by atoms with Gasteiger partial charge in [-0.15, -0.1) is 0 Å². The fourth-order valence-electron chi connectivity index (χ4n) is 3.50. The molecule has 1 aliphatic carbocycles. The van der Waals surface area contributed by atoms with E-state index in [2.05, 4.69) is 20.6 Å². The zero-order valence-electron chi connectivity index (χ0n) is 19.2. The van der Waals surface area contributed by atoms with Crippen LogP contribution in [0.5, 0.6) is 0 Å². The lowest BCUT2D eigenvalue weighted by Gasteiger charge is -2.30. The number of H-pyrrole nitrogens is 1. The minimum Gasteiger partial charge on any atom is -0.379 e. The fourth-order valence-corrected chi connectivity index (χ4v) is 5.94. The van der Waals surface area contributed by atoms with Gasteiger partial charge in [0.15, 0.2) is 15.7 Å². The number of hydrogen-bond donors (Lipinski definition) is 4. The molecule has 3 rings (SSSR count). The van der Waals surface area contributed by atoms with Crippen molar-refractivity contribution >= 4 is 33.3 Å². The molecule has 1 heterocycles. The van der Waals surface area contributed by atoms with Crippen molar-refractivity contribution in [2.24, 2.45) is 5.73 Å². The van der Waals surface area contributed by atoms with Crippen molar-refractivity contribution in [2.45, 2.75) is 42.7 Å². The minimum absolute atomic E-state index is 0.0222. The lowest BCUT2D eigenvalue weighted by Crippen LogP contribution is -2.49. The van der Waals surface area contributed by atoms with Crippen LogP contribution in [0.3, 0.4) is 0 Å². The molecule has 2 amide bonds.